The fourth-order valence-electron chi connectivity index (χ4n) is 4.91. The molecule has 4 nitrogen and oxygen atoms in total. The van der Waals surface area contributed by atoms with E-state index in [2.05, 4.69) is 23.6 Å². The van der Waals surface area contributed by atoms with Gasteiger partial charge in [-0.05, 0) is 51.3 Å². The number of allylic oxidation sites excluding steroid dienone is 1. The van der Waals surface area contributed by atoms with Gasteiger partial charge < -0.3 is 20.3 Å². The molecule has 0 unspecified atom stereocenters. The molecule has 2 N–H and O–H groups in total. The highest BCUT2D eigenvalue weighted by molar-refractivity contribution is 5.25. The molecule has 3 aliphatic rings. The first kappa shape index (κ1) is 18.7. The minimum atomic E-state index is -0.591. The molecule has 0 spiro atoms. The van der Waals surface area contributed by atoms with Crippen LogP contribution in [0.2, 0.25) is 0 Å². The van der Waals surface area contributed by atoms with Crippen LogP contribution in [0.4, 0.5) is 8.78 Å². The molecule has 1 saturated heterocycles. The fourth-order valence-corrected chi connectivity index (χ4v) is 4.91. The smallest absolute Gasteiger partial charge is 0.129 e. The van der Waals surface area contributed by atoms with E-state index >= 15 is 0 Å². The van der Waals surface area contributed by atoms with Crippen LogP contribution in [0, 0.1) is 11.6 Å². The maximum Gasteiger partial charge on any atom is 0.129 e. The zero-order valence-corrected chi connectivity index (χ0v) is 16.1. The van der Waals surface area contributed by atoms with Crippen molar-refractivity contribution in [3.63, 3.8) is 0 Å². The first-order valence-electron chi connectivity index (χ1n) is 10.0. The fraction of sp³-hybridized carbons (Fsp3) is 0.619. The molecule has 0 aromatic heterocycles. The molecule has 6 heteroatoms. The molecule has 1 fully saturated rings. The van der Waals surface area contributed by atoms with E-state index in [1.807, 2.05) is 0 Å². The van der Waals surface area contributed by atoms with Crippen molar-refractivity contribution in [2.75, 3.05) is 19.7 Å². The Morgan fingerprint density at radius 3 is 2.70 bits per heavy atom. The SMILES string of the molecule is CC(C)N1CCCC2=C1CCN2[C@H]1CO[C@H](c2cc(F)ccc2F)[C@@H](N)C1. The highest BCUT2D eigenvalue weighted by atomic mass is 19.1. The molecule has 148 valence electrons. The van der Waals surface area contributed by atoms with Gasteiger partial charge in [-0.25, -0.2) is 8.78 Å². The zero-order chi connectivity index (χ0) is 19.1. The molecule has 0 amide bonds. The summed E-state index contributed by atoms with van der Waals surface area (Å²) in [5.74, 6) is -0.920. The molecular weight excluding hydrogens is 348 g/mol. The number of hydrogen-bond donors (Lipinski definition) is 1. The van der Waals surface area contributed by atoms with Crippen LogP contribution < -0.4 is 5.73 Å². The van der Waals surface area contributed by atoms with Gasteiger partial charge >= 0.3 is 0 Å². The molecule has 3 heterocycles. The van der Waals surface area contributed by atoms with Crippen LogP contribution in [0.1, 0.15) is 51.2 Å². The lowest BCUT2D eigenvalue weighted by molar-refractivity contribution is -0.0436. The quantitative estimate of drug-likeness (QED) is 0.875. The maximum absolute atomic E-state index is 14.1. The maximum atomic E-state index is 14.1. The van der Waals surface area contributed by atoms with E-state index in [-0.39, 0.29) is 17.6 Å². The zero-order valence-electron chi connectivity index (χ0n) is 16.1. The summed E-state index contributed by atoms with van der Waals surface area (Å²) in [5.41, 5.74) is 9.50. The number of hydrogen-bond acceptors (Lipinski definition) is 4. The van der Waals surface area contributed by atoms with Crippen molar-refractivity contribution in [3.05, 3.63) is 46.8 Å². The van der Waals surface area contributed by atoms with Gasteiger partial charge in [0.1, 0.15) is 17.7 Å². The number of rotatable bonds is 3. The van der Waals surface area contributed by atoms with E-state index in [1.54, 1.807) is 0 Å². The number of nitrogens with zero attached hydrogens (tertiary/aromatic N) is 2. The molecular formula is C21H29F2N3O. The number of ether oxygens (including phenoxy) is 1. The highest BCUT2D eigenvalue weighted by Gasteiger charge is 2.39. The summed E-state index contributed by atoms with van der Waals surface area (Å²) in [4.78, 5) is 4.98. The van der Waals surface area contributed by atoms with Crippen molar-refractivity contribution in [2.45, 2.75) is 63.8 Å². The standard InChI is InChI=1S/C21H29F2N3O/c1-13(2)25-8-3-4-19-20(25)7-9-26(19)15-11-18(24)21(27-12-15)16-10-14(22)5-6-17(16)23/h5-6,10,13,15,18,21H,3-4,7-9,11-12,24H2,1-2H3/t15-,18+,21-/m1/s1. The lowest BCUT2D eigenvalue weighted by atomic mass is 9.93. The molecule has 3 atom stereocenters. The molecule has 0 radical (unpaired) electrons. The second kappa shape index (κ2) is 7.40. The summed E-state index contributed by atoms with van der Waals surface area (Å²) in [6, 6.07) is 3.84. The Hall–Kier alpha value is -1.66. The van der Waals surface area contributed by atoms with Gasteiger partial charge in [-0.3, -0.25) is 0 Å². The van der Waals surface area contributed by atoms with Crippen LogP contribution in [0.25, 0.3) is 0 Å². The monoisotopic (exact) mass is 377 g/mol. The third kappa shape index (κ3) is 3.45. The molecule has 0 saturated carbocycles. The summed E-state index contributed by atoms with van der Waals surface area (Å²) >= 11 is 0. The summed E-state index contributed by atoms with van der Waals surface area (Å²) in [6.07, 6.45) is 3.48. The topological polar surface area (TPSA) is 41.7 Å². The Balaban J connectivity index is 1.50. The highest BCUT2D eigenvalue weighted by Crippen LogP contribution is 2.39. The van der Waals surface area contributed by atoms with Gasteiger partial charge in [-0.1, -0.05) is 0 Å². The van der Waals surface area contributed by atoms with Gasteiger partial charge in [0.05, 0.1) is 12.6 Å². The Morgan fingerprint density at radius 2 is 1.96 bits per heavy atom. The average Bonchev–Trinajstić information content (AvgIpc) is 3.08. The normalized spacial score (nSPS) is 28.9. The van der Waals surface area contributed by atoms with Gasteiger partial charge in [0.15, 0.2) is 0 Å². The van der Waals surface area contributed by atoms with Crippen molar-refractivity contribution in [2.24, 2.45) is 5.73 Å². The van der Waals surface area contributed by atoms with Gasteiger partial charge in [0.2, 0.25) is 0 Å². The number of benzene rings is 1. The first-order chi connectivity index (χ1) is 13.0. The minimum Gasteiger partial charge on any atom is -0.371 e. The average molecular weight is 377 g/mol. The van der Waals surface area contributed by atoms with Crippen molar-refractivity contribution < 1.29 is 13.5 Å². The number of halogens is 2. The molecule has 1 aromatic carbocycles. The van der Waals surface area contributed by atoms with Gasteiger partial charge in [0.25, 0.3) is 0 Å². The van der Waals surface area contributed by atoms with E-state index in [4.69, 9.17) is 10.5 Å². The lowest BCUT2D eigenvalue weighted by Crippen LogP contribution is -2.48. The van der Waals surface area contributed by atoms with Crippen molar-refractivity contribution in [1.29, 1.82) is 0 Å². The van der Waals surface area contributed by atoms with Gasteiger partial charge in [0, 0.05) is 48.6 Å². The van der Waals surface area contributed by atoms with E-state index in [9.17, 15) is 8.78 Å². The van der Waals surface area contributed by atoms with Crippen molar-refractivity contribution >= 4 is 0 Å². The molecule has 0 bridgehead atoms. The van der Waals surface area contributed by atoms with Crippen LogP contribution in [-0.2, 0) is 4.74 Å². The second-order valence-electron chi connectivity index (χ2n) is 8.20. The van der Waals surface area contributed by atoms with Crippen LogP contribution in [0.5, 0.6) is 0 Å². The predicted molar refractivity (Wildman–Crippen MR) is 101 cm³/mol. The largest absolute Gasteiger partial charge is 0.371 e. The van der Waals surface area contributed by atoms with Gasteiger partial charge in [-0.15, -0.1) is 0 Å². The van der Waals surface area contributed by atoms with Crippen LogP contribution in [0.15, 0.2) is 29.6 Å². The molecule has 1 aromatic rings. The van der Waals surface area contributed by atoms with Crippen molar-refractivity contribution in [3.8, 4) is 0 Å². The number of nitrogens with two attached hydrogens (primary N) is 1. The molecule has 27 heavy (non-hydrogen) atoms. The molecule has 4 rings (SSSR count). The van der Waals surface area contributed by atoms with E-state index < -0.39 is 17.7 Å². The Kier molecular flexibility index (Phi) is 5.12. The lowest BCUT2D eigenvalue weighted by Gasteiger charge is -2.42. The Morgan fingerprint density at radius 1 is 1.15 bits per heavy atom. The first-order valence-corrected chi connectivity index (χ1v) is 10.0. The molecule has 0 aliphatic carbocycles. The van der Waals surface area contributed by atoms with Crippen LogP contribution >= 0.6 is 0 Å². The third-order valence-electron chi connectivity index (χ3n) is 6.16. The van der Waals surface area contributed by atoms with Gasteiger partial charge in [-0.2, -0.15) is 0 Å². The van der Waals surface area contributed by atoms with Crippen LogP contribution in [-0.4, -0.2) is 47.6 Å². The minimum absolute atomic E-state index is 0.201. The predicted octanol–water partition coefficient (Wildman–Crippen LogP) is 3.54. The van der Waals surface area contributed by atoms with Crippen molar-refractivity contribution in [1.82, 2.24) is 9.80 Å². The Bertz CT molecular complexity index is 736. The van der Waals surface area contributed by atoms with E-state index in [0.717, 1.165) is 44.5 Å². The summed E-state index contributed by atoms with van der Waals surface area (Å²) in [6.45, 7) is 7.11. The van der Waals surface area contributed by atoms with E-state index in [1.165, 1.54) is 23.9 Å². The molecule has 3 aliphatic heterocycles. The van der Waals surface area contributed by atoms with Crippen LogP contribution in [0.3, 0.4) is 0 Å². The third-order valence-corrected chi connectivity index (χ3v) is 6.16. The summed E-state index contributed by atoms with van der Waals surface area (Å²) < 4.78 is 33.7. The second-order valence-corrected chi connectivity index (χ2v) is 8.20. The summed E-state index contributed by atoms with van der Waals surface area (Å²) in [5, 5.41) is 0. The summed E-state index contributed by atoms with van der Waals surface area (Å²) in [7, 11) is 0. The van der Waals surface area contributed by atoms with E-state index in [0.29, 0.717) is 12.6 Å². The Labute approximate surface area is 160 Å².